The van der Waals surface area contributed by atoms with E-state index >= 15 is 0 Å². The van der Waals surface area contributed by atoms with Crippen LogP contribution in [-0.4, -0.2) is 31.9 Å². The van der Waals surface area contributed by atoms with Crippen molar-refractivity contribution in [2.24, 2.45) is 0 Å². The Bertz CT molecular complexity index is 825. The van der Waals surface area contributed by atoms with Crippen LogP contribution in [0, 0.1) is 0 Å². The molecule has 0 aliphatic rings. The lowest BCUT2D eigenvalue weighted by Gasteiger charge is -2.16. The van der Waals surface area contributed by atoms with Gasteiger partial charge in [0.15, 0.2) is 6.10 Å². The number of ether oxygens (including phenoxy) is 3. The highest BCUT2D eigenvalue weighted by atomic mass is 79.9. The molecule has 0 aliphatic heterocycles. The molecule has 0 saturated heterocycles. The van der Waals surface area contributed by atoms with Crippen molar-refractivity contribution in [2.75, 3.05) is 19.8 Å². The summed E-state index contributed by atoms with van der Waals surface area (Å²) >= 11 is 3.48. The van der Waals surface area contributed by atoms with Crippen molar-refractivity contribution in [1.29, 1.82) is 0 Å². The van der Waals surface area contributed by atoms with Gasteiger partial charge in [-0.05, 0) is 73.7 Å². The number of benzene rings is 2. The molecular weight excluding hydrogens is 444 g/mol. The largest absolute Gasteiger partial charge is 0.489 e. The smallest absolute Gasteiger partial charge is 0.335 e. The molecule has 0 aliphatic carbocycles. The quantitative estimate of drug-likeness (QED) is 0.362. The molecule has 0 radical (unpaired) electrons. The lowest BCUT2D eigenvalue weighted by molar-refractivity contribution is -0.156. The van der Waals surface area contributed by atoms with Gasteiger partial charge in [0.1, 0.15) is 12.4 Å². The zero-order valence-corrected chi connectivity index (χ0v) is 19.8. The maximum Gasteiger partial charge on any atom is 0.335 e. The molecule has 1 atom stereocenters. The van der Waals surface area contributed by atoms with E-state index < -0.39 is 6.10 Å². The van der Waals surface area contributed by atoms with Crippen LogP contribution in [0.25, 0.3) is 5.57 Å². The van der Waals surface area contributed by atoms with Crippen LogP contribution >= 0.6 is 15.9 Å². The van der Waals surface area contributed by atoms with Gasteiger partial charge in [0, 0.05) is 17.5 Å². The van der Waals surface area contributed by atoms with Gasteiger partial charge in [-0.15, -0.1) is 0 Å². The monoisotopic (exact) mass is 474 g/mol. The minimum Gasteiger partial charge on any atom is -0.489 e. The van der Waals surface area contributed by atoms with Gasteiger partial charge >= 0.3 is 5.97 Å². The Morgan fingerprint density at radius 2 is 1.63 bits per heavy atom. The Balaban J connectivity index is 2.01. The van der Waals surface area contributed by atoms with Crippen LogP contribution in [-0.2, 0) is 20.7 Å². The van der Waals surface area contributed by atoms with Crippen LogP contribution in [0.1, 0.15) is 45.2 Å². The molecule has 2 aromatic carbocycles. The fourth-order valence-electron chi connectivity index (χ4n) is 3.13. The molecule has 0 amide bonds. The topological polar surface area (TPSA) is 44.8 Å². The summed E-state index contributed by atoms with van der Waals surface area (Å²) in [5, 5.41) is 0. The van der Waals surface area contributed by atoms with Gasteiger partial charge in [-0.1, -0.05) is 47.1 Å². The van der Waals surface area contributed by atoms with Gasteiger partial charge in [0.2, 0.25) is 0 Å². The molecule has 0 N–H and O–H groups in total. The molecule has 0 fully saturated rings. The van der Waals surface area contributed by atoms with Crippen molar-refractivity contribution in [3.63, 3.8) is 0 Å². The Labute approximate surface area is 188 Å². The van der Waals surface area contributed by atoms with Crippen LogP contribution in [0.4, 0.5) is 0 Å². The Hall–Kier alpha value is -2.11. The summed E-state index contributed by atoms with van der Waals surface area (Å²) < 4.78 is 17.7. The van der Waals surface area contributed by atoms with Gasteiger partial charge in [0.05, 0.1) is 6.61 Å². The molecule has 0 unspecified atom stereocenters. The standard InChI is InChI=1S/C25H31BrO4/c1-5-20(18(4)21-10-12-22(26)13-11-21)17-30-23-14-8-19(9-15-23)16-24(28-6-2)25(27)29-7-3/h8-15,24H,5-7,16-17H2,1-4H3/t24-/m0/s1. The maximum atomic E-state index is 12.0. The number of carbonyl (C=O) groups excluding carboxylic acids is 1. The van der Waals surface area contributed by atoms with Crippen LogP contribution in [0.5, 0.6) is 5.75 Å². The number of rotatable bonds is 11. The number of carbonyl (C=O) groups is 1. The Morgan fingerprint density at radius 3 is 2.20 bits per heavy atom. The summed E-state index contributed by atoms with van der Waals surface area (Å²) in [5.74, 6) is 0.484. The van der Waals surface area contributed by atoms with Crippen molar-refractivity contribution in [3.8, 4) is 5.75 Å². The van der Waals surface area contributed by atoms with Crippen LogP contribution in [0.3, 0.4) is 0 Å². The average Bonchev–Trinajstić information content (AvgIpc) is 2.75. The third-order valence-electron chi connectivity index (χ3n) is 4.91. The van der Waals surface area contributed by atoms with E-state index in [-0.39, 0.29) is 5.97 Å². The van der Waals surface area contributed by atoms with Crippen molar-refractivity contribution in [1.82, 2.24) is 0 Å². The molecule has 30 heavy (non-hydrogen) atoms. The van der Waals surface area contributed by atoms with Crippen molar-refractivity contribution in [3.05, 3.63) is 69.7 Å². The normalized spacial score (nSPS) is 12.8. The van der Waals surface area contributed by atoms with E-state index in [1.807, 2.05) is 31.2 Å². The predicted molar refractivity (Wildman–Crippen MR) is 125 cm³/mol. The fourth-order valence-corrected chi connectivity index (χ4v) is 3.40. The minimum atomic E-state index is -0.579. The molecule has 5 heteroatoms. The van der Waals surface area contributed by atoms with Crippen molar-refractivity contribution >= 4 is 27.5 Å². The highest BCUT2D eigenvalue weighted by molar-refractivity contribution is 9.10. The fraction of sp³-hybridized carbons (Fsp3) is 0.400. The van der Waals surface area contributed by atoms with E-state index in [0.29, 0.717) is 26.2 Å². The first-order valence-electron chi connectivity index (χ1n) is 10.4. The molecule has 0 aromatic heterocycles. The summed E-state index contributed by atoms with van der Waals surface area (Å²) in [7, 11) is 0. The SMILES string of the molecule is CCOC(=O)[C@H](Cc1ccc(OCC(CC)=C(C)c2ccc(Br)cc2)cc1)OCC. The van der Waals surface area contributed by atoms with E-state index in [4.69, 9.17) is 14.2 Å². The molecule has 2 aromatic rings. The molecule has 0 heterocycles. The lowest BCUT2D eigenvalue weighted by atomic mass is 10.0. The van der Waals surface area contributed by atoms with Crippen LogP contribution < -0.4 is 4.74 Å². The Kier molecular flexibility index (Phi) is 10.1. The number of allylic oxidation sites excluding steroid dienone is 1. The maximum absolute atomic E-state index is 12.0. The van der Waals surface area contributed by atoms with Gasteiger partial charge in [-0.2, -0.15) is 0 Å². The molecule has 4 nitrogen and oxygen atoms in total. The molecule has 0 bridgehead atoms. The van der Waals surface area contributed by atoms with Gasteiger partial charge in [-0.25, -0.2) is 4.79 Å². The molecule has 0 spiro atoms. The van der Waals surface area contributed by atoms with E-state index in [1.165, 1.54) is 16.7 Å². The number of halogens is 1. The van der Waals surface area contributed by atoms with E-state index in [0.717, 1.165) is 22.2 Å². The molecule has 162 valence electrons. The molecule has 2 rings (SSSR count). The second-order valence-electron chi connectivity index (χ2n) is 6.92. The summed E-state index contributed by atoms with van der Waals surface area (Å²) in [6.07, 6.45) is 0.829. The van der Waals surface area contributed by atoms with E-state index in [9.17, 15) is 4.79 Å². The second-order valence-corrected chi connectivity index (χ2v) is 7.84. The third kappa shape index (κ3) is 7.29. The summed E-state index contributed by atoms with van der Waals surface area (Å²) in [4.78, 5) is 12.0. The Morgan fingerprint density at radius 1 is 0.967 bits per heavy atom. The predicted octanol–water partition coefficient (Wildman–Crippen LogP) is 6.22. The third-order valence-corrected chi connectivity index (χ3v) is 5.44. The summed E-state index contributed by atoms with van der Waals surface area (Å²) in [5.41, 5.74) is 4.72. The second kappa shape index (κ2) is 12.6. The van der Waals surface area contributed by atoms with Gasteiger partial charge in [0.25, 0.3) is 0 Å². The minimum absolute atomic E-state index is 0.319. The zero-order chi connectivity index (χ0) is 21.9. The van der Waals surface area contributed by atoms with E-state index in [1.54, 1.807) is 6.92 Å². The number of esters is 1. The van der Waals surface area contributed by atoms with Gasteiger partial charge < -0.3 is 14.2 Å². The van der Waals surface area contributed by atoms with Crippen molar-refractivity contribution in [2.45, 2.75) is 46.6 Å². The zero-order valence-electron chi connectivity index (χ0n) is 18.2. The highest BCUT2D eigenvalue weighted by Gasteiger charge is 2.20. The first kappa shape index (κ1) is 24.2. The highest BCUT2D eigenvalue weighted by Crippen LogP contribution is 2.24. The summed E-state index contributed by atoms with van der Waals surface area (Å²) in [6.45, 7) is 9.31. The summed E-state index contributed by atoms with van der Waals surface area (Å²) in [6, 6.07) is 16.1. The van der Waals surface area contributed by atoms with E-state index in [2.05, 4.69) is 54.0 Å². The van der Waals surface area contributed by atoms with Crippen LogP contribution in [0.2, 0.25) is 0 Å². The first-order valence-corrected chi connectivity index (χ1v) is 11.2. The average molecular weight is 475 g/mol. The van der Waals surface area contributed by atoms with Crippen molar-refractivity contribution < 1.29 is 19.0 Å². The number of hydrogen-bond acceptors (Lipinski definition) is 4. The number of hydrogen-bond donors (Lipinski definition) is 0. The first-order chi connectivity index (χ1) is 14.5. The molecular formula is C25H31BrO4. The lowest BCUT2D eigenvalue weighted by Crippen LogP contribution is -2.28. The van der Waals surface area contributed by atoms with Crippen LogP contribution in [0.15, 0.2) is 58.6 Å². The van der Waals surface area contributed by atoms with Gasteiger partial charge in [-0.3, -0.25) is 0 Å². The molecule has 0 saturated carbocycles.